The van der Waals surface area contributed by atoms with Crippen LogP contribution in [-0.2, 0) is 23.9 Å². The van der Waals surface area contributed by atoms with Crippen LogP contribution in [0.2, 0.25) is 0 Å². The Kier molecular flexibility index (Phi) is 8.05. The lowest BCUT2D eigenvalue weighted by Crippen LogP contribution is -2.57. The fraction of sp³-hybridized carbons (Fsp3) is 0.314. The number of ketones is 1. The number of fused-ring (bicyclic) bond motifs is 2. The molecular formula is C35H35N3O6. The molecule has 0 spiro atoms. The maximum atomic E-state index is 14.8. The SMILES string of the molecule is CCOC(=O)[C@@H]1C(=O)C2=C([C@H](C(=O)OCC)[C@@H]1c1ccccc1)[C@H]1C(C)=NN(c3ccccc3)[C@@H]1N[C@@H]2c1ccc(O)cc1. The van der Waals surface area contributed by atoms with Crippen LogP contribution >= 0.6 is 0 Å². The quantitative estimate of drug-likeness (QED) is 0.294. The molecule has 3 aromatic carbocycles. The number of benzene rings is 3. The average Bonchev–Trinajstić information content (AvgIpc) is 3.37. The number of aromatic hydroxyl groups is 1. The van der Waals surface area contributed by atoms with Gasteiger partial charge in [-0.2, -0.15) is 5.10 Å². The number of carbonyl (C=O) groups excluding carboxylic acids is 3. The monoisotopic (exact) mass is 593 g/mol. The number of rotatable bonds is 7. The molecule has 0 saturated carbocycles. The Bertz CT molecular complexity index is 1620. The lowest BCUT2D eigenvalue weighted by Gasteiger charge is -2.47. The molecule has 3 aliphatic rings. The van der Waals surface area contributed by atoms with Gasteiger partial charge >= 0.3 is 11.9 Å². The maximum absolute atomic E-state index is 14.8. The van der Waals surface area contributed by atoms with Crippen LogP contribution in [0.5, 0.6) is 5.75 Å². The summed E-state index contributed by atoms with van der Waals surface area (Å²) in [6.07, 6.45) is -0.449. The molecule has 0 fully saturated rings. The highest BCUT2D eigenvalue weighted by molar-refractivity contribution is 6.14. The first-order valence-electron chi connectivity index (χ1n) is 15.0. The molecule has 0 amide bonds. The predicted octanol–water partition coefficient (Wildman–Crippen LogP) is 4.90. The Hall–Kier alpha value is -4.76. The van der Waals surface area contributed by atoms with Crippen molar-refractivity contribution >= 4 is 29.1 Å². The molecule has 44 heavy (non-hydrogen) atoms. The van der Waals surface area contributed by atoms with Crippen LogP contribution in [0.4, 0.5) is 5.69 Å². The molecule has 1 aliphatic carbocycles. The van der Waals surface area contributed by atoms with Gasteiger partial charge in [-0.3, -0.25) is 19.7 Å². The first-order valence-corrected chi connectivity index (χ1v) is 15.0. The van der Waals surface area contributed by atoms with Gasteiger partial charge in [0.2, 0.25) is 0 Å². The maximum Gasteiger partial charge on any atom is 0.317 e. The van der Waals surface area contributed by atoms with Crippen molar-refractivity contribution in [1.82, 2.24) is 5.32 Å². The Labute approximate surface area is 256 Å². The van der Waals surface area contributed by atoms with E-state index in [0.29, 0.717) is 22.3 Å². The second-order valence-corrected chi connectivity index (χ2v) is 11.2. The molecule has 2 heterocycles. The van der Waals surface area contributed by atoms with Gasteiger partial charge in [-0.1, -0.05) is 60.7 Å². The Morgan fingerprint density at radius 2 is 1.43 bits per heavy atom. The lowest BCUT2D eigenvalue weighted by molar-refractivity contribution is -0.156. The van der Waals surface area contributed by atoms with E-state index in [1.165, 1.54) is 0 Å². The molecule has 2 N–H and O–H groups in total. The van der Waals surface area contributed by atoms with Gasteiger partial charge in [0.15, 0.2) is 5.78 Å². The van der Waals surface area contributed by atoms with Crippen molar-refractivity contribution in [2.75, 3.05) is 18.2 Å². The van der Waals surface area contributed by atoms with Gasteiger partial charge in [-0.15, -0.1) is 0 Å². The molecule has 9 nitrogen and oxygen atoms in total. The van der Waals surface area contributed by atoms with Crippen LogP contribution in [-0.4, -0.2) is 47.9 Å². The van der Waals surface area contributed by atoms with E-state index in [1.54, 1.807) is 38.1 Å². The number of hydrogen-bond acceptors (Lipinski definition) is 9. The highest BCUT2D eigenvalue weighted by atomic mass is 16.5. The van der Waals surface area contributed by atoms with Gasteiger partial charge in [0.1, 0.15) is 17.8 Å². The van der Waals surface area contributed by atoms with Crippen LogP contribution in [0.25, 0.3) is 0 Å². The number of carbonyl (C=O) groups is 3. The molecule has 0 saturated heterocycles. The predicted molar refractivity (Wildman–Crippen MR) is 165 cm³/mol. The van der Waals surface area contributed by atoms with E-state index >= 15 is 0 Å². The zero-order chi connectivity index (χ0) is 31.0. The standard InChI is InChI=1S/C35H35N3O6/c1-4-43-34(41)28-26(21-12-8-6-9-13-21)30(35(42)44-5-2)32(40)29-27(28)25-20(3)37-38(23-14-10-7-11-15-23)33(25)36-31(29)22-16-18-24(39)19-17-22/h6-19,25-26,28,30-31,33,36,39H,4-5H2,1-3H3/t25-,26+,28-,30+,31-,33+/m1/s1. The van der Waals surface area contributed by atoms with Gasteiger partial charge in [-0.25, -0.2) is 5.01 Å². The number of hydrogen-bond donors (Lipinski definition) is 2. The lowest BCUT2D eigenvalue weighted by atomic mass is 9.59. The fourth-order valence-electron chi connectivity index (χ4n) is 6.96. The molecule has 6 rings (SSSR count). The summed E-state index contributed by atoms with van der Waals surface area (Å²) >= 11 is 0. The van der Waals surface area contributed by atoms with Crippen molar-refractivity contribution in [2.45, 2.75) is 38.9 Å². The van der Waals surface area contributed by atoms with E-state index in [1.807, 2.05) is 72.6 Å². The number of esters is 2. The summed E-state index contributed by atoms with van der Waals surface area (Å²) in [5.74, 6) is -5.06. The molecule has 226 valence electrons. The summed E-state index contributed by atoms with van der Waals surface area (Å²) in [6, 6.07) is 24.8. The number of phenols is 1. The van der Waals surface area contributed by atoms with Crippen LogP contribution in [0.15, 0.2) is 101 Å². The normalized spacial score (nSPS) is 26.0. The fourth-order valence-corrected chi connectivity index (χ4v) is 6.96. The third-order valence-electron chi connectivity index (χ3n) is 8.68. The van der Waals surface area contributed by atoms with Gasteiger partial charge in [0.05, 0.1) is 36.8 Å². The summed E-state index contributed by atoms with van der Waals surface area (Å²) in [4.78, 5) is 42.7. The van der Waals surface area contributed by atoms with Crippen molar-refractivity contribution in [3.05, 3.63) is 107 Å². The number of ether oxygens (including phenoxy) is 2. The van der Waals surface area contributed by atoms with Crippen molar-refractivity contribution in [3.63, 3.8) is 0 Å². The molecule has 0 aromatic heterocycles. The molecule has 9 heteroatoms. The number of nitrogens with one attached hydrogen (secondary N) is 1. The van der Waals surface area contributed by atoms with Crippen LogP contribution < -0.4 is 10.3 Å². The number of nitrogens with zero attached hydrogens (tertiary/aromatic N) is 2. The zero-order valence-corrected chi connectivity index (χ0v) is 24.8. The van der Waals surface area contributed by atoms with E-state index in [-0.39, 0.29) is 19.0 Å². The van der Waals surface area contributed by atoms with E-state index in [2.05, 4.69) is 5.32 Å². The Balaban J connectivity index is 1.63. The van der Waals surface area contributed by atoms with E-state index in [0.717, 1.165) is 11.4 Å². The second kappa shape index (κ2) is 12.1. The molecule has 3 aromatic rings. The number of hydrazone groups is 1. The Morgan fingerprint density at radius 3 is 2.05 bits per heavy atom. The van der Waals surface area contributed by atoms with Gasteiger partial charge in [0.25, 0.3) is 0 Å². The second-order valence-electron chi connectivity index (χ2n) is 11.2. The number of anilines is 1. The van der Waals surface area contributed by atoms with Gasteiger partial charge in [-0.05, 0) is 61.7 Å². The average molecular weight is 594 g/mol. The minimum Gasteiger partial charge on any atom is -0.508 e. The highest BCUT2D eigenvalue weighted by Crippen LogP contribution is 2.54. The molecule has 0 unspecified atom stereocenters. The minimum absolute atomic E-state index is 0.0792. The molecule has 2 aliphatic heterocycles. The number of phenolic OH excluding ortho intramolecular Hbond substituents is 1. The summed E-state index contributed by atoms with van der Waals surface area (Å²) in [7, 11) is 0. The van der Waals surface area contributed by atoms with Crippen molar-refractivity contribution in [3.8, 4) is 5.75 Å². The van der Waals surface area contributed by atoms with Crippen LogP contribution in [0.1, 0.15) is 43.9 Å². The van der Waals surface area contributed by atoms with Crippen molar-refractivity contribution < 1.29 is 29.0 Å². The molecular weight excluding hydrogens is 558 g/mol. The van der Waals surface area contributed by atoms with Crippen LogP contribution in [0, 0.1) is 17.8 Å². The third kappa shape index (κ3) is 4.97. The summed E-state index contributed by atoms with van der Waals surface area (Å²) in [6.45, 7) is 5.55. The smallest absolute Gasteiger partial charge is 0.317 e. The zero-order valence-electron chi connectivity index (χ0n) is 24.8. The largest absolute Gasteiger partial charge is 0.508 e. The van der Waals surface area contributed by atoms with Gasteiger partial charge < -0.3 is 14.6 Å². The van der Waals surface area contributed by atoms with Crippen molar-refractivity contribution in [1.29, 1.82) is 0 Å². The third-order valence-corrected chi connectivity index (χ3v) is 8.68. The van der Waals surface area contributed by atoms with E-state index in [4.69, 9.17) is 14.6 Å². The summed E-state index contributed by atoms with van der Waals surface area (Å²) < 4.78 is 11.2. The van der Waals surface area contributed by atoms with E-state index in [9.17, 15) is 19.5 Å². The number of para-hydroxylation sites is 1. The highest BCUT2D eigenvalue weighted by Gasteiger charge is 2.59. The van der Waals surface area contributed by atoms with E-state index < -0.39 is 53.6 Å². The minimum atomic E-state index is -1.27. The topological polar surface area (TPSA) is 118 Å². The van der Waals surface area contributed by atoms with Gasteiger partial charge in [0, 0.05) is 17.2 Å². The Morgan fingerprint density at radius 1 is 0.841 bits per heavy atom. The first kappa shape index (κ1) is 29.3. The molecule has 0 bridgehead atoms. The van der Waals surface area contributed by atoms with Crippen molar-refractivity contribution in [2.24, 2.45) is 22.9 Å². The first-order chi connectivity index (χ1) is 21.3. The molecule has 6 atom stereocenters. The summed E-state index contributed by atoms with van der Waals surface area (Å²) in [5, 5.41) is 20.5. The molecule has 0 radical (unpaired) electrons. The summed E-state index contributed by atoms with van der Waals surface area (Å²) in [5.41, 5.74) is 3.88. The van der Waals surface area contributed by atoms with Crippen LogP contribution in [0.3, 0.4) is 0 Å². The number of Topliss-reactive ketones (excluding diaryl/α,β-unsaturated/α-hetero) is 1.